The minimum absolute atomic E-state index is 0. The van der Waals surface area contributed by atoms with Gasteiger partial charge in [0, 0.05) is 25.3 Å². The zero-order chi connectivity index (χ0) is 15.7. The Morgan fingerprint density at radius 3 is 2.77 bits per heavy atom. The van der Waals surface area contributed by atoms with Crippen LogP contribution in [0.2, 0.25) is 0 Å². The predicted molar refractivity (Wildman–Crippen MR) is 90.1 cm³/mol. The highest BCUT2D eigenvalue weighted by Gasteiger charge is 2.21. The number of ether oxygens (including phenoxy) is 3. The molecule has 6 heteroatoms. The third kappa shape index (κ3) is 6.41. The van der Waals surface area contributed by atoms with Crippen molar-refractivity contribution in [2.75, 3.05) is 33.7 Å². The number of methoxy groups -OCH3 is 1. The molecule has 22 heavy (non-hydrogen) atoms. The fourth-order valence-electron chi connectivity index (χ4n) is 2.17. The summed E-state index contributed by atoms with van der Waals surface area (Å²) in [4.78, 5) is 2.29. The van der Waals surface area contributed by atoms with E-state index < -0.39 is 0 Å². The molecule has 2 rings (SSSR count). The number of benzene rings is 1. The molecule has 0 spiro atoms. The molecule has 0 saturated carbocycles. The first-order valence-corrected chi connectivity index (χ1v) is 7.35. The lowest BCUT2D eigenvalue weighted by Gasteiger charge is -2.33. The molecule has 0 radical (unpaired) electrons. The minimum atomic E-state index is 0. The molecule has 126 valence electrons. The molecule has 1 heterocycles. The summed E-state index contributed by atoms with van der Waals surface area (Å²) in [5.41, 5.74) is 2.53. The van der Waals surface area contributed by atoms with Gasteiger partial charge in [0.2, 0.25) is 0 Å². The van der Waals surface area contributed by atoms with E-state index in [4.69, 9.17) is 18.8 Å². The molecule has 1 aliphatic rings. The van der Waals surface area contributed by atoms with E-state index in [1.165, 1.54) is 11.1 Å². The largest absolute Gasteiger partial charge is 0.478 e. The molecule has 0 aromatic heterocycles. The molecular weight excluding hydrogens is 301 g/mol. The molecule has 0 fully saturated rings. The summed E-state index contributed by atoms with van der Waals surface area (Å²) < 4.78 is 24.4. The second-order valence-corrected chi connectivity index (χ2v) is 5.05. The van der Waals surface area contributed by atoms with Crippen molar-refractivity contribution < 1.29 is 18.8 Å². The second kappa shape index (κ2) is 11.6. The summed E-state index contributed by atoms with van der Waals surface area (Å²) >= 11 is 0. The smallest absolute Gasteiger partial charge is 0.142 e. The molecule has 0 saturated heterocycles. The zero-order valence-corrected chi connectivity index (χ0v) is 13.9. The van der Waals surface area contributed by atoms with E-state index in [2.05, 4.69) is 36.9 Å². The number of hydrogen-bond acceptors (Lipinski definition) is 5. The number of hydrogen-bond donors (Lipinski definition) is 0. The van der Waals surface area contributed by atoms with Gasteiger partial charge in [-0.15, -0.1) is 0 Å². The van der Waals surface area contributed by atoms with Crippen molar-refractivity contribution in [1.82, 2.24) is 4.90 Å². The highest BCUT2D eigenvalue weighted by molar-refractivity contribution is 7.00. The average Bonchev–Trinajstić information content (AvgIpc) is 2.52. The minimum Gasteiger partial charge on any atom is -0.478 e. The summed E-state index contributed by atoms with van der Waals surface area (Å²) in [7, 11) is 3.41. The first-order valence-electron chi connectivity index (χ1n) is 6.94. The normalized spacial score (nSPS) is 14.7. The number of aryl methyl sites for hydroxylation is 1. The van der Waals surface area contributed by atoms with E-state index >= 15 is 0 Å². The second-order valence-electron chi connectivity index (χ2n) is 5.05. The van der Waals surface area contributed by atoms with Gasteiger partial charge in [-0.2, -0.15) is 0 Å². The summed E-state index contributed by atoms with van der Waals surface area (Å²) in [6.45, 7) is 7.81. The Bertz CT molecular complexity index is 431. The molecule has 1 aromatic rings. The maximum atomic E-state index is 8.06. The van der Waals surface area contributed by atoms with Crippen molar-refractivity contribution in [3.8, 4) is 5.75 Å². The quantitative estimate of drug-likeness (QED) is 0.592. The number of fused-ring (bicyclic) bond motifs is 1. The standard InChI is InChI=1S/C15H23NO3.CH4.HOP/c1-12-4-5-15-14(8-12)9-16(11-19-15)13(2)10-18-7-6-17-3;;1-2/h4-5,8,13H,6-7,9-11H2,1-3H3;1H4;2H. The Labute approximate surface area is 136 Å². The van der Waals surface area contributed by atoms with Crippen LogP contribution < -0.4 is 4.74 Å². The Balaban J connectivity index is 0.00000141. The lowest BCUT2D eigenvalue weighted by molar-refractivity contribution is -0.000153. The van der Waals surface area contributed by atoms with Crippen molar-refractivity contribution in [3.63, 3.8) is 0 Å². The molecule has 1 aliphatic heterocycles. The highest BCUT2D eigenvalue weighted by Crippen LogP contribution is 2.26. The van der Waals surface area contributed by atoms with Crippen molar-refractivity contribution in [2.24, 2.45) is 0 Å². The van der Waals surface area contributed by atoms with Crippen LogP contribution in [0.4, 0.5) is 0 Å². The Morgan fingerprint density at radius 1 is 1.36 bits per heavy atom. The van der Waals surface area contributed by atoms with Crippen LogP contribution >= 0.6 is 9.12 Å². The summed E-state index contributed by atoms with van der Waals surface area (Å²) in [5.74, 6) is 1.01. The first kappa shape index (κ1) is 21.0. The van der Waals surface area contributed by atoms with Gasteiger partial charge < -0.3 is 14.2 Å². The van der Waals surface area contributed by atoms with Crippen LogP contribution in [0.15, 0.2) is 18.2 Å². The highest BCUT2D eigenvalue weighted by atomic mass is 31.0. The Hall–Kier alpha value is -1.00. The van der Waals surface area contributed by atoms with Crippen LogP contribution in [0.5, 0.6) is 5.75 Å². The van der Waals surface area contributed by atoms with Gasteiger partial charge in [0.25, 0.3) is 0 Å². The van der Waals surface area contributed by atoms with Crippen molar-refractivity contribution >= 4 is 9.12 Å². The number of rotatable bonds is 6. The van der Waals surface area contributed by atoms with Gasteiger partial charge in [-0.25, -0.2) is 0 Å². The Kier molecular flexibility index (Phi) is 11.0. The average molecular weight is 329 g/mol. The van der Waals surface area contributed by atoms with Gasteiger partial charge in [-0.05, 0) is 19.9 Å². The van der Waals surface area contributed by atoms with Crippen molar-refractivity contribution in [3.05, 3.63) is 29.3 Å². The van der Waals surface area contributed by atoms with Gasteiger partial charge in [0.05, 0.1) is 19.8 Å². The summed E-state index contributed by atoms with van der Waals surface area (Å²) in [5, 5.41) is 0. The molecule has 1 aromatic carbocycles. The lowest BCUT2D eigenvalue weighted by atomic mass is 10.1. The van der Waals surface area contributed by atoms with Crippen LogP contribution in [-0.4, -0.2) is 44.6 Å². The SMILES string of the molecule is C.COCCOCC(C)N1COc2ccc(C)cc2C1.O=P. The fourth-order valence-corrected chi connectivity index (χ4v) is 2.17. The summed E-state index contributed by atoms with van der Waals surface area (Å²) in [6, 6.07) is 6.68. The van der Waals surface area contributed by atoms with Crippen LogP contribution in [0.1, 0.15) is 25.5 Å². The van der Waals surface area contributed by atoms with Gasteiger partial charge in [0.1, 0.15) is 21.6 Å². The third-order valence-corrected chi connectivity index (χ3v) is 3.39. The van der Waals surface area contributed by atoms with Gasteiger partial charge >= 0.3 is 0 Å². The molecule has 0 amide bonds. The van der Waals surface area contributed by atoms with Gasteiger partial charge in [-0.1, -0.05) is 25.1 Å². The van der Waals surface area contributed by atoms with E-state index in [9.17, 15) is 0 Å². The topological polar surface area (TPSA) is 48.0 Å². The lowest BCUT2D eigenvalue weighted by Crippen LogP contribution is -2.41. The van der Waals surface area contributed by atoms with Crippen molar-refractivity contribution in [1.29, 1.82) is 0 Å². The Morgan fingerprint density at radius 2 is 2.09 bits per heavy atom. The van der Waals surface area contributed by atoms with Crippen LogP contribution in [0.25, 0.3) is 0 Å². The zero-order valence-electron chi connectivity index (χ0n) is 12.9. The predicted octanol–water partition coefficient (Wildman–Crippen LogP) is 3.31. The molecule has 5 nitrogen and oxygen atoms in total. The van der Waals surface area contributed by atoms with E-state index in [1.807, 2.05) is 0 Å². The van der Waals surface area contributed by atoms with Crippen LogP contribution in [0.3, 0.4) is 0 Å². The van der Waals surface area contributed by atoms with Crippen LogP contribution in [-0.2, 0) is 20.6 Å². The van der Waals surface area contributed by atoms with E-state index in [0.717, 1.165) is 12.3 Å². The molecule has 0 aliphatic carbocycles. The monoisotopic (exact) mass is 329 g/mol. The maximum Gasteiger partial charge on any atom is 0.142 e. The molecular formula is C16H28NO4P. The summed E-state index contributed by atoms with van der Waals surface area (Å²) in [6.07, 6.45) is 0. The number of nitrogens with zero attached hydrogens (tertiary/aromatic N) is 1. The fraction of sp³-hybridized carbons (Fsp3) is 0.625. The molecule has 1 unspecified atom stereocenters. The van der Waals surface area contributed by atoms with E-state index in [-0.39, 0.29) is 7.43 Å². The van der Waals surface area contributed by atoms with Crippen molar-refractivity contribution in [2.45, 2.75) is 33.9 Å². The molecule has 0 bridgehead atoms. The maximum absolute atomic E-state index is 8.06. The van der Waals surface area contributed by atoms with E-state index in [1.54, 1.807) is 16.2 Å². The van der Waals surface area contributed by atoms with Gasteiger partial charge in [0.15, 0.2) is 0 Å². The van der Waals surface area contributed by atoms with E-state index in [0.29, 0.717) is 32.6 Å². The van der Waals surface area contributed by atoms with Crippen LogP contribution in [0, 0.1) is 6.92 Å². The van der Waals surface area contributed by atoms with Gasteiger partial charge in [-0.3, -0.25) is 9.46 Å². The third-order valence-electron chi connectivity index (χ3n) is 3.39. The molecule has 0 N–H and O–H groups in total. The molecule has 1 atom stereocenters. The first-order chi connectivity index (χ1) is 10.2.